The molecule has 0 saturated carbocycles. The molecule has 0 saturated heterocycles. The number of amides is 1. The molecule has 4 rings (SSSR count). The Morgan fingerprint density at radius 3 is 2.44 bits per heavy atom. The van der Waals surface area contributed by atoms with Crippen LogP contribution in [0.1, 0.15) is 9.67 Å². The first-order chi connectivity index (χ1) is 12.8. The second-order valence-corrected chi connectivity index (χ2v) is 9.70. The minimum atomic E-state index is -3.53. The van der Waals surface area contributed by atoms with Gasteiger partial charge in [0.2, 0.25) is 14.2 Å². The number of rotatable bonds is 2. The van der Waals surface area contributed by atoms with Crippen LogP contribution < -0.4 is 9.80 Å². The van der Waals surface area contributed by atoms with E-state index >= 15 is 0 Å². The van der Waals surface area contributed by atoms with Crippen molar-refractivity contribution in [2.24, 2.45) is 0 Å². The zero-order chi connectivity index (χ0) is 19.3. The van der Waals surface area contributed by atoms with Gasteiger partial charge in [-0.25, -0.2) is 13.4 Å². The third kappa shape index (κ3) is 2.99. The standard InChI is InChI=1S/C18H14ClN3O3S2/c1-21-13-9-8-11(19)10-14(13)22(12-6-4-3-5-7-12)17(23)15-16(21)20-18(26-15)27(2,24)25/h3-10H,1-2H3. The van der Waals surface area contributed by atoms with Crippen LogP contribution in [0.5, 0.6) is 0 Å². The molecular formula is C18H14ClN3O3S2. The van der Waals surface area contributed by atoms with Gasteiger partial charge in [-0.3, -0.25) is 9.69 Å². The molecule has 6 nitrogen and oxygen atoms in total. The number of anilines is 4. The lowest BCUT2D eigenvalue weighted by molar-refractivity contribution is 0.100. The van der Waals surface area contributed by atoms with Gasteiger partial charge in [-0.2, -0.15) is 0 Å². The van der Waals surface area contributed by atoms with Gasteiger partial charge in [-0.1, -0.05) is 41.1 Å². The largest absolute Gasteiger partial charge is 0.326 e. The summed E-state index contributed by atoms with van der Waals surface area (Å²) in [5.41, 5.74) is 1.95. The van der Waals surface area contributed by atoms with Crippen LogP contribution in [0.3, 0.4) is 0 Å². The van der Waals surface area contributed by atoms with Gasteiger partial charge in [0, 0.05) is 24.0 Å². The third-order valence-electron chi connectivity index (χ3n) is 4.18. The van der Waals surface area contributed by atoms with E-state index in [4.69, 9.17) is 11.6 Å². The van der Waals surface area contributed by atoms with Crippen molar-refractivity contribution in [3.8, 4) is 0 Å². The average molecular weight is 420 g/mol. The van der Waals surface area contributed by atoms with E-state index in [1.165, 1.54) is 4.90 Å². The molecule has 138 valence electrons. The number of nitrogens with zero attached hydrogens (tertiary/aromatic N) is 3. The summed E-state index contributed by atoms with van der Waals surface area (Å²) in [5, 5.41) is 0.492. The lowest BCUT2D eigenvalue weighted by Gasteiger charge is -2.24. The van der Waals surface area contributed by atoms with Crippen molar-refractivity contribution < 1.29 is 13.2 Å². The number of aromatic nitrogens is 1. The fourth-order valence-electron chi connectivity index (χ4n) is 2.94. The van der Waals surface area contributed by atoms with Crippen LogP contribution in [0, 0.1) is 0 Å². The molecule has 0 aliphatic carbocycles. The smallest absolute Gasteiger partial charge is 0.276 e. The first-order valence-corrected chi connectivity index (χ1v) is 11.0. The summed E-state index contributed by atoms with van der Waals surface area (Å²) in [7, 11) is -1.78. The second kappa shape index (κ2) is 6.33. The van der Waals surface area contributed by atoms with Crippen LogP contribution >= 0.6 is 22.9 Å². The molecule has 1 aliphatic heterocycles. The maximum absolute atomic E-state index is 13.4. The summed E-state index contributed by atoms with van der Waals surface area (Å²) in [5.74, 6) is -0.0381. The van der Waals surface area contributed by atoms with Crippen LogP contribution in [-0.4, -0.2) is 32.6 Å². The summed E-state index contributed by atoms with van der Waals surface area (Å²) >= 11 is 7.08. The number of thiazole rings is 1. The number of carbonyl (C=O) groups excluding carboxylic acids is 1. The number of fused-ring (bicyclic) bond motifs is 2. The molecule has 0 N–H and O–H groups in total. The average Bonchev–Trinajstić information content (AvgIpc) is 3.05. The lowest BCUT2D eigenvalue weighted by atomic mass is 10.2. The van der Waals surface area contributed by atoms with E-state index in [0.717, 1.165) is 17.6 Å². The zero-order valence-electron chi connectivity index (χ0n) is 14.4. The van der Waals surface area contributed by atoms with Gasteiger partial charge in [0.25, 0.3) is 5.91 Å². The van der Waals surface area contributed by atoms with Gasteiger partial charge in [0.1, 0.15) is 4.88 Å². The molecule has 0 radical (unpaired) electrons. The van der Waals surface area contributed by atoms with Crippen LogP contribution in [-0.2, 0) is 9.84 Å². The van der Waals surface area contributed by atoms with Gasteiger partial charge >= 0.3 is 0 Å². The Balaban J connectivity index is 2.03. The zero-order valence-corrected chi connectivity index (χ0v) is 16.8. The number of hydrogen-bond acceptors (Lipinski definition) is 6. The highest BCUT2D eigenvalue weighted by atomic mass is 35.5. The molecule has 0 unspecified atom stereocenters. The molecule has 1 aliphatic rings. The third-order valence-corrected chi connectivity index (χ3v) is 7.12. The van der Waals surface area contributed by atoms with Crippen molar-refractivity contribution in [2.45, 2.75) is 4.34 Å². The number of para-hydroxylation sites is 1. The van der Waals surface area contributed by atoms with E-state index in [1.54, 1.807) is 30.1 Å². The molecule has 0 fully saturated rings. The van der Waals surface area contributed by atoms with E-state index in [-0.39, 0.29) is 15.1 Å². The van der Waals surface area contributed by atoms with Gasteiger partial charge in [0.15, 0.2) is 5.82 Å². The maximum atomic E-state index is 13.4. The molecule has 0 atom stereocenters. The number of carbonyl (C=O) groups is 1. The SMILES string of the molecule is CN1c2ccc(Cl)cc2N(c2ccccc2)C(=O)c2sc(S(C)(=O)=O)nc21. The fraction of sp³-hybridized carbons (Fsp3) is 0.111. The molecule has 2 heterocycles. The van der Waals surface area contributed by atoms with Gasteiger partial charge < -0.3 is 4.90 Å². The van der Waals surface area contributed by atoms with Crippen molar-refractivity contribution in [1.29, 1.82) is 0 Å². The highest BCUT2D eigenvalue weighted by Gasteiger charge is 2.35. The molecule has 0 spiro atoms. The summed E-state index contributed by atoms with van der Waals surface area (Å²) in [4.78, 5) is 21.2. The quantitative estimate of drug-likeness (QED) is 0.620. The predicted molar refractivity (Wildman–Crippen MR) is 108 cm³/mol. The highest BCUT2D eigenvalue weighted by Crippen LogP contribution is 2.45. The fourth-order valence-corrected chi connectivity index (χ4v) is 4.97. The Labute approximate surface area is 165 Å². The molecule has 0 bridgehead atoms. The monoisotopic (exact) mass is 419 g/mol. The van der Waals surface area contributed by atoms with Gasteiger partial charge in [-0.05, 0) is 30.3 Å². The predicted octanol–water partition coefficient (Wildman–Crippen LogP) is 4.26. The second-order valence-electron chi connectivity index (χ2n) is 6.07. The summed E-state index contributed by atoms with van der Waals surface area (Å²) in [6.45, 7) is 0. The van der Waals surface area contributed by atoms with E-state index in [2.05, 4.69) is 4.98 Å². The van der Waals surface area contributed by atoms with Crippen molar-refractivity contribution in [1.82, 2.24) is 4.98 Å². The van der Waals surface area contributed by atoms with Crippen LogP contribution in [0.15, 0.2) is 52.9 Å². The van der Waals surface area contributed by atoms with Gasteiger partial charge in [-0.15, -0.1) is 0 Å². The molecule has 1 aromatic heterocycles. The number of sulfone groups is 1. The highest BCUT2D eigenvalue weighted by molar-refractivity contribution is 7.92. The van der Waals surface area contributed by atoms with Crippen molar-refractivity contribution in [2.75, 3.05) is 23.1 Å². The van der Waals surface area contributed by atoms with E-state index in [9.17, 15) is 13.2 Å². The van der Waals surface area contributed by atoms with Crippen molar-refractivity contribution in [3.63, 3.8) is 0 Å². The lowest BCUT2D eigenvalue weighted by Crippen LogP contribution is -2.24. The topological polar surface area (TPSA) is 70.6 Å². The first kappa shape index (κ1) is 18.0. The van der Waals surface area contributed by atoms with Gasteiger partial charge in [0.05, 0.1) is 11.4 Å². The first-order valence-electron chi connectivity index (χ1n) is 7.91. The normalized spacial score (nSPS) is 14.0. The Bertz CT molecular complexity index is 1160. The van der Waals surface area contributed by atoms with E-state index in [0.29, 0.717) is 27.9 Å². The molecular weight excluding hydrogens is 406 g/mol. The minimum Gasteiger partial charge on any atom is -0.326 e. The molecule has 9 heteroatoms. The molecule has 27 heavy (non-hydrogen) atoms. The van der Waals surface area contributed by atoms with Crippen molar-refractivity contribution >= 4 is 61.6 Å². The summed E-state index contributed by atoms with van der Waals surface area (Å²) < 4.78 is 23.9. The van der Waals surface area contributed by atoms with Crippen LogP contribution in [0.4, 0.5) is 22.9 Å². The summed E-state index contributed by atoms with van der Waals surface area (Å²) in [6, 6.07) is 14.4. The minimum absolute atomic E-state index is 0.0851. The van der Waals surface area contributed by atoms with E-state index < -0.39 is 9.84 Å². The number of hydrogen-bond donors (Lipinski definition) is 0. The van der Waals surface area contributed by atoms with Crippen LogP contribution in [0.25, 0.3) is 0 Å². The molecule has 1 amide bonds. The Morgan fingerprint density at radius 2 is 1.78 bits per heavy atom. The Morgan fingerprint density at radius 1 is 1.07 bits per heavy atom. The maximum Gasteiger partial charge on any atom is 0.276 e. The van der Waals surface area contributed by atoms with Crippen molar-refractivity contribution in [3.05, 3.63) is 58.4 Å². The number of benzene rings is 2. The number of halogens is 1. The van der Waals surface area contributed by atoms with E-state index in [1.807, 2.05) is 30.3 Å². The Hall–Kier alpha value is -2.42. The summed E-state index contributed by atoms with van der Waals surface area (Å²) in [6.07, 6.45) is 1.08. The molecule has 3 aromatic rings. The van der Waals surface area contributed by atoms with Crippen LogP contribution in [0.2, 0.25) is 5.02 Å². The molecule has 2 aromatic carbocycles. The Kier molecular flexibility index (Phi) is 4.21.